The minimum absolute atomic E-state index is 0.156. The molecule has 1 N–H and O–H groups in total. The second-order valence-corrected chi connectivity index (χ2v) is 6.47. The molecule has 0 saturated carbocycles. The summed E-state index contributed by atoms with van der Waals surface area (Å²) in [7, 11) is 0. The minimum Gasteiger partial charge on any atom is -0.385 e. The van der Waals surface area contributed by atoms with Crippen molar-refractivity contribution in [3.05, 3.63) is 33.9 Å². The van der Waals surface area contributed by atoms with Crippen LogP contribution >= 0.6 is 11.8 Å². The first kappa shape index (κ1) is 16.1. The zero-order chi connectivity index (χ0) is 15.2. The molecule has 0 amide bonds. The molecule has 1 heterocycles. The van der Waals surface area contributed by atoms with Crippen molar-refractivity contribution >= 4 is 23.1 Å². The molecule has 1 aromatic carbocycles. The van der Waals surface area contributed by atoms with E-state index in [1.165, 1.54) is 0 Å². The van der Waals surface area contributed by atoms with Crippen LogP contribution in [0.15, 0.2) is 18.2 Å². The number of thioether (sulfide) groups is 1. The summed E-state index contributed by atoms with van der Waals surface area (Å²) in [4.78, 5) is 10.6. The fourth-order valence-corrected chi connectivity index (χ4v) is 3.62. The molecule has 5 nitrogen and oxygen atoms in total. The number of non-ortho nitro benzene ring substituents is 1. The third-order valence-corrected chi connectivity index (χ3v) is 5.15. The Hall–Kier alpha value is -1.27. The molecule has 1 aliphatic rings. The van der Waals surface area contributed by atoms with Crippen LogP contribution in [0.1, 0.15) is 32.3 Å². The van der Waals surface area contributed by atoms with E-state index in [2.05, 4.69) is 19.2 Å². The van der Waals surface area contributed by atoms with Crippen molar-refractivity contribution in [2.45, 2.75) is 43.8 Å². The maximum Gasteiger partial charge on any atom is 0.269 e. The van der Waals surface area contributed by atoms with Crippen LogP contribution in [-0.2, 0) is 10.5 Å². The number of hydrogen-bond acceptors (Lipinski definition) is 5. The summed E-state index contributed by atoms with van der Waals surface area (Å²) in [5.74, 6) is 0.770. The number of ether oxygens (including phenoxy) is 1. The topological polar surface area (TPSA) is 64.4 Å². The maximum absolute atomic E-state index is 10.9. The molecule has 1 fully saturated rings. The van der Waals surface area contributed by atoms with Crippen molar-refractivity contribution in [2.24, 2.45) is 0 Å². The summed E-state index contributed by atoms with van der Waals surface area (Å²) >= 11 is 1.83. The number of nitro groups is 1. The van der Waals surface area contributed by atoms with Gasteiger partial charge >= 0.3 is 0 Å². The Morgan fingerprint density at radius 2 is 2.33 bits per heavy atom. The summed E-state index contributed by atoms with van der Waals surface area (Å²) in [6.07, 6.45) is 2.34. The lowest BCUT2D eigenvalue weighted by atomic mass is 10.1. The number of rotatable bonds is 7. The lowest BCUT2D eigenvalue weighted by Gasteiger charge is -2.16. The van der Waals surface area contributed by atoms with Crippen molar-refractivity contribution in [3.8, 4) is 0 Å². The summed E-state index contributed by atoms with van der Waals surface area (Å²) in [6, 6.07) is 5.07. The third-order valence-electron chi connectivity index (χ3n) is 3.62. The third kappa shape index (κ3) is 4.35. The Balaban J connectivity index is 2.09. The van der Waals surface area contributed by atoms with Gasteiger partial charge in [0.2, 0.25) is 0 Å². The van der Waals surface area contributed by atoms with E-state index in [1.807, 2.05) is 17.8 Å². The minimum atomic E-state index is -0.334. The number of nitrogens with one attached hydrogen (secondary N) is 1. The van der Waals surface area contributed by atoms with Gasteiger partial charge in [-0.3, -0.25) is 10.1 Å². The van der Waals surface area contributed by atoms with E-state index < -0.39 is 0 Å². The maximum atomic E-state index is 10.9. The van der Waals surface area contributed by atoms with Gasteiger partial charge in [-0.15, -0.1) is 0 Å². The molecule has 116 valence electrons. The van der Waals surface area contributed by atoms with Crippen molar-refractivity contribution < 1.29 is 9.66 Å². The van der Waals surface area contributed by atoms with Crippen LogP contribution in [0, 0.1) is 10.1 Å². The SMILES string of the molecule is CCCNc1ccc([N+](=O)[O-])cc1CSC1CCOC1C. The summed E-state index contributed by atoms with van der Waals surface area (Å²) in [6.45, 7) is 5.88. The molecule has 0 aliphatic carbocycles. The molecular formula is C15H22N2O3S. The van der Waals surface area contributed by atoms with Crippen LogP contribution in [0.4, 0.5) is 11.4 Å². The second-order valence-electron chi connectivity index (χ2n) is 5.24. The lowest BCUT2D eigenvalue weighted by molar-refractivity contribution is -0.384. The highest BCUT2D eigenvalue weighted by Crippen LogP contribution is 2.32. The van der Waals surface area contributed by atoms with Gasteiger partial charge in [0.15, 0.2) is 0 Å². The molecule has 2 atom stereocenters. The molecule has 0 spiro atoms. The van der Waals surface area contributed by atoms with Gasteiger partial charge in [-0.2, -0.15) is 11.8 Å². The molecule has 0 aromatic heterocycles. The smallest absolute Gasteiger partial charge is 0.269 e. The van der Waals surface area contributed by atoms with E-state index in [-0.39, 0.29) is 16.7 Å². The van der Waals surface area contributed by atoms with Crippen LogP contribution in [-0.4, -0.2) is 29.4 Å². The normalized spacial score (nSPS) is 21.4. The first-order valence-corrected chi connectivity index (χ1v) is 8.41. The van der Waals surface area contributed by atoms with E-state index in [0.29, 0.717) is 5.25 Å². The van der Waals surface area contributed by atoms with Gasteiger partial charge in [0, 0.05) is 42.0 Å². The summed E-state index contributed by atoms with van der Waals surface area (Å²) < 4.78 is 5.57. The van der Waals surface area contributed by atoms with Gasteiger partial charge in [0.25, 0.3) is 5.69 Å². The van der Waals surface area contributed by atoms with E-state index >= 15 is 0 Å². The van der Waals surface area contributed by atoms with Gasteiger partial charge in [0.05, 0.1) is 11.0 Å². The Morgan fingerprint density at radius 3 is 2.95 bits per heavy atom. The first-order valence-electron chi connectivity index (χ1n) is 7.36. The standard InChI is InChI=1S/C15H22N2O3S/c1-3-7-16-14-5-4-13(17(18)19)9-12(14)10-21-15-6-8-20-11(15)2/h4-5,9,11,15-16H,3,6-8,10H2,1-2H3. The number of nitrogens with zero attached hydrogens (tertiary/aromatic N) is 1. The molecule has 0 radical (unpaired) electrons. The predicted molar refractivity (Wildman–Crippen MR) is 87.0 cm³/mol. The highest BCUT2D eigenvalue weighted by Gasteiger charge is 2.25. The quantitative estimate of drug-likeness (QED) is 0.612. The fourth-order valence-electron chi connectivity index (χ4n) is 2.37. The average Bonchev–Trinajstić information content (AvgIpc) is 2.88. The molecule has 1 aromatic rings. The van der Waals surface area contributed by atoms with Crippen LogP contribution in [0.3, 0.4) is 0 Å². The van der Waals surface area contributed by atoms with E-state index in [1.54, 1.807) is 12.1 Å². The van der Waals surface area contributed by atoms with Crippen molar-refractivity contribution in [1.82, 2.24) is 0 Å². The van der Waals surface area contributed by atoms with Crippen LogP contribution in [0.25, 0.3) is 0 Å². The van der Waals surface area contributed by atoms with Gasteiger partial charge < -0.3 is 10.1 Å². The molecule has 2 unspecified atom stereocenters. The Kier molecular flexibility index (Phi) is 5.87. The fraction of sp³-hybridized carbons (Fsp3) is 0.600. The number of hydrogen-bond donors (Lipinski definition) is 1. The predicted octanol–water partition coefficient (Wildman–Crippen LogP) is 3.83. The average molecular weight is 310 g/mol. The van der Waals surface area contributed by atoms with Gasteiger partial charge in [-0.1, -0.05) is 6.92 Å². The van der Waals surface area contributed by atoms with E-state index in [0.717, 1.165) is 43.0 Å². The molecule has 2 rings (SSSR count). The van der Waals surface area contributed by atoms with Gasteiger partial charge in [0.1, 0.15) is 0 Å². The van der Waals surface area contributed by atoms with Crippen LogP contribution in [0.5, 0.6) is 0 Å². The Labute approximate surface area is 129 Å². The highest BCUT2D eigenvalue weighted by atomic mass is 32.2. The molecule has 6 heteroatoms. The largest absolute Gasteiger partial charge is 0.385 e. The first-order chi connectivity index (χ1) is 10.1. The van der Waals surface area contributed by atoms with E-state index in [9.17, 15) is 10.1 Å². The van der Waals surface area contributed by atoms with Crippen molar-refractivity contribution in [1.29, 1.82) is 0 Å². The van der Waals surface area contributed by atoms with Gasteiger partial charge in [-0.25, -0.2) is 0 Å². The van der Waals surface area contributed by atoms with Crippen LogP contribution in [0.2, 0.25) is 0 Å². The highest BCUT2D eigenvalue weighted by molar-refractivity contribution is 7.99. The second kappa shape index (κ2) is 7.66. The van der Waals surface area contributed by atoms with Crippen molar-refractivity contribution in [3.63, 3.8) is 0 Å². The Bertz CT molecular complexity index is 496. The number of benzene rings is 1. The van der Waals surface area contributed by atoms with E-state index in [4.69, 9.17) is 4.74 Å². The molecular weight excluding hydrogens is 288 g/mol. The molecule has 1 aliphatic heterocycles. The zero-order valence-corrected chi connectivity index (χ0v) is 13.3. The Morgan fingerprint density at radius 1 is 1.52 bits per heavy atom. The monoisotopic (exact) mass is 310 g/mol. The van der Waals surface area contributed by atoms with Crippen molar-refractivity contribution in [2.75, 3.05) is 18.5 Å². The molecule has 0 bridgehead atoms. The van der Waals surface area contributed by atoms with Crippen LogP contribution < -0.4 is 5.32 Å². The lowest BCUT2D eigenvalue weighted by Crippen LogP contribution is -2.13. The summed E-state index contributed by atoms with van der Waals surface area (Å²) in [5, 5.41) is 14.8. The number of anilines is 1. The van der Waals surface area contributed by atoms with Gasteiger partial charge in [-0.05, 0) is 31.4 Å². The molecule has 21 heavy (non-hydrogen) atoms. The zero-order valence-electron chi connectivity index (χ0n) is 12.5. The molecule has 1 saturated heterocycles. The number of nitro benzene ring substituents is 1. The summed E-state index contributed by atoms with van der Waals surface area (Å²) in [5.41, 5.74) is 2.16.